The van der Waals surface area contributed by atoms with Gasteiger partial charge in [0.15, 0.2) is 5.03 Å². The molecule has 0 amide bonds. The minimum Gasteiger partial charge on any atom is -0.392 e. The van der Waals surface area contributed by atoms with Crippen LogP contribution in [0.1, 0.15) is 20.3 Å². The number of nitrogens with two attached hydrogens (primary N) is 1. The third-order valence-electron chi connectivity index (χ3n) is 2.71. The van der Waals surface area contributed by atoms with Gasteiger partial charge in [-0.1, -0.05) is 30.7 Å². The molecular formula is C9H15ClN4O2S2. The SMILES string of the molecule is CCC(C)(NS(=O)(=O)c1c(Cl)cnn1C)C(N)=S. The third-order valence-corrected chi connectivity index (χ3v) is 5.26. The van der Waals surface area contributed by atoms with E-state index < -0.39 is 15.6 Å². The van der Waals surface area contributed by atoms with Crippen molar-refractivity contribution >= 4 is 38.8 Å². The molecule has 0 saturated heterocycles. The number of nitrogens with one attached hydrogen (secondary N) is 1. The van der Waals surface area contributed by atoms with Crippen molar-refractivity contribution in [2.75, 3.05) is 0 Å². The maximum atomic E-state index is 12.2. The van der Waals surface area contributed by atoms with Crippen LogP contribution in [-0.4, -0.2) is 28.7 Å². The van der Waals surface area contributed by atoms with Gasteiger partial charge < -0.3 is 5.73 Å². The highest BCUT2D eigenvalue weighted by Crippen LogP contribution is 2.22. The summed E-state index contributed by atoms with van der Waals surface area (Å²) >= 11 is 10.7. The molecule has 0 radical (unpaired) electrons. The van der Waals surface area contributed by atoms with E-state index in [1.807, 2.05) is 0 Å². The average molecular weight is 311 g/mol. The Balaban J connectivity index is 3.22. The molecule has 18 heavy (non-hydrogen) atoms. The van der Waals surface area contributed by atoms with Crippen molar-refractivity contribution in [3.63, 3.8) is 0 Å². The molecule has 0 saturated carbocycles. The molecule has 0 aliphatic carbocycles. The lowest BCUT2D eigenvalue weighted by Gasteiger charge is -2.27. The fourth-order valence-electron chi connectivity index (χ4n) is 1.34. The molecule has 0 fully saturated rings. The standard InChI is InChI=1S/C9H15ClN4O2S2/c1-4-9(2,8(11)17)13-18(15,16)7-6(10)5-12-14(7)3/h5,13H,4H2,1-3H3,(H2,11,17). The summed E-state index contributed by atoms with van der Waals surface area (Å²) in [5, 5.41) is 3.72. The lowest BCUT2D eigenvalue weighted by atomic mass is 10.0. The van der Waals surface area contributed by atoms with Gasteiger partial charge in [-0.2, -0.15) is 9.82 Å². The van der Waals surface area contributed by atoms with E-state index in [0.29, 0.717) is 6.42 Å². The molecule has 102 valence electrons. The zero-order valence-corrected chi connectivity index (χ0v) is 12.7. The van der Waals surface area contributed by atoms with Crippen LogP contribution < -0.4 is 10.5 Å². The second kappa shape index (κ2) is 5.12. The van der Waals surface area contributed by atoms with E-state index in [9.17, 15) is 8.42 Å². The van der Waals surface area contributed by atoms with E-state index in [-0.39, 0.29) is 15.0 Å². The fourth-order valence-corrected chi connectivity index (χ4v) is 3.72. The molecular weight excluding hydrogens is 296 g/mol. The van der Waals surface area contributed by atoms with Crippen molar-refractivity contribution < 1.29 is 8.42 Å². The number of thiocarbonyl (C=S) groups is 1. The summed E-state index contributed by atoms with van der Waals surface area (Å²) in [7, 11) is -2.35. The Labute approximate surface area is 117 Å². The highest BCUT2D eigenvalue weighted by molar-refractivity contribution is 7.89. The molecule has 0 aliphatic rings. The molecule has 0 aliphatic heterocycles. The Morgan fingerprint density at radius 3 is 2.61 bits per heavy atom. The highest BCUT2D eigenvalue weighted by Gasteiger charge is 2.34. The minimum atomic E-state index is -3.84. The number of sulfonamides is 1. The van der Waals surface area contributed by atoms with Crippen LogP contribution in [0.5, 0.6) is 0 Å². The van der Waals surface area contributed by atoms with E-state index in [1.54, 1.807) is 13.8 Å². The van der Waals surface area contributed by atoms with E-state index in [1.165, 1.54) is 17.9 Å². The summed E-state index contributed by atoms with van der Waals surface area (Å²) in [6.45, 7) is 3.41. The predicted octanol–water partition coefficient (Wildman–Crippen LogP) is 0.807. The molecule has 6 nitrogen and oxygen atoms in total. The number of hydrogen-bond acceptors (Lipinski definition) is 4. The molecule has 0 aromatic carbocycles. The quantitative estimate of drug-likeness (QED) is 0.785. The zero-order valence-electron chi connectivity index (χ0n) is 10.3. The summed E-state index contributed by atoms with van der Waals surface area (Å²) in [5.74, 6) is 0. The monoisotopic (exact) mass is 310 g/mol. The van der Waals surface area contributed by atoms with Gasteiger partial charge in [0.1, 0.15) is 0 Å². The minimum absolute atomic E-state index is 0.0476. The van der Waals surface area contributed by atoms with Crippen LogP contribution in [0.15, 0.2) is 11.2 Å². The van der Waals surface area contributed by atoms with Gasteiger partial charge in [-0.25, -0.2) is 8.42 Å². The summed E-state index contributed by atoms with van der Waals surface area (Å²) in [6.07, 6.45) is 1.69. The van der Waals surface area contributed by atoms with Gasteiger partial charge in [-0.3, -0.25) is 4.68 Å². The molecule has 1 rings (SSSR count). The van der Waals surface area contributed by atoms with E-state index in [4.69, 9.17) is 29.6 Å². The van der Waals surface area contributed by atoms with Gasteiger partial charge in [-0.15, -0.1) is 0 Å². The number of rotatable bonds is 5. The van der Waals surface area contributed by atoms with Gasteiger partial charge in [-0.05, 0) is 13.3 Å². The van der Waals surface area contributed by atoms with Crippen LogP contribution in [0.25, 0.3) is 0 Å². The topological polar surface area (TPSA) is 90.0 Å². The van der Waals surface area contributed by atoms with Gasteiger partial charge in [0.2, 0.25) is 0 Å². The summed E-state index contributed by atoms with van der Waals surface area (Å²) in [6, 6.07) is 0. The Bertz CT molecular complexity index is 550. The lowest BCUT2D eigenvalue weighted by Crippen LogP contribution is -2.54. The van der Waals surface area contributed by atoms with E-state index in [0.717, 1.165) is 0 Å². The first-order valence-corrected chi connectivity index (χ1v) is 7.42. The Morgan fingerprint density at radius 1 is 1.72 bits per heavy atom. The second-order valence-electron chi connectivity index (χ2n) is 4.08. The number of halogens is 1. The van der Waals surface area contributed by atoms with Crippen LogP contribution in [0.2, 0.25) is 5.02 Å². The number of aromatic nitrogens is 2. The Morgan fingerprint density at radius 2 is 2.28 bits per heavy atom. The average Bonchev–Trinajstić information content (AvgIpc) is 2.57. The molecule has 1 atom stereocenters. The van der Waals surface area contributed by atoms with Crippen LogP contribution in [0.4, 0.5) is 0 Å². The molecule has 1 unspecified atom stereocenters. The molecule has 9 heteroatoms. The summed E-state index contributed by atoms with van der Waals surface area (Å²) in [4.78, 5) is 0.0758. The van der Waals surface area contributed by atoms with Crippen molar-refractivity contribution in [1.29, 1.82) is 0 Å². The normalized spacial score (nSPS) is 15.3. The van der Waals surface area contributed by atoms with Crippen molar-refractivity contribution in [3.8, 4) is 0 Å². The molecule has 1 aromatic heterocycles. The van der Waals surface area contributed by atoms with Gasteiger partial charge >= 0.3 is 0 Å². The van der Waals surface area contributed by atoms with Crippen molar-refractivity contribution in [3.05, 3.63) is 11.2 Å². The Kier molecular flexibility index (Phi) is 4.37. The van der Waals surface area contributed by atoms with Gasteiger partial charge in [0.25, 0.3) is 10.0 Å². The molecule has 0 bridgehead atoms. The van der Waals surface area contributed by atoms with Gasteiger partial charge in [0, 0.05) is 7.05 Å². The molecule has 0 spiro atoms. The second-order valence-corrected chi connectivity index (χ2v) is 6.52. The maximum absolute atomic E-state index is 12.2. The fraction of sp³-hybridized carbons (Fsp3) is 0.556. The Hall–Kier alpha value is -0.700. The highest BCUT2D eigenvalue weighted by atomic mass is 35.5. The first kappa shape index (κ1) is 15.4. The number of hydrogen-bond donors (Lipinski definition) is 2. The molecule has 1 aromatic rings. The lowest BCUT2D eigenvalue weighted by molar-refractivity contribution is 0.503. The van der Waals surface area contributed by atoms with E-state index in [2.05, 4.69) is 9.82 Å². The maximum Gasteiger partial charge on any atom is 0.260 e. The van der Waals surface area contributed by atoms with Gasteiger partial charge in [0.05, 0.1) is 21.7 Å². The molecule has 3 N–H and O–H groups in total. The first-order chi connectivity index (χ1) is 8.14. The van der Waals surface area contributed by atoms with Crippen LogP contribution in [0, 0.1) is 0 Å². The zero-order chi connectivity index (χ0) is 14.1. The molecule has 1 heterocycles. The van der Waals surface area contributed by atoms with E-state index >= 15 is 0 Å². The van der Waals surface area contributed by atoms with Crippen LogP contribution in [0.3, 0.4) is 0 Å². The van der Waals surface area contributed by atoms with Crippen molar-refractivity contribution in [2.45, 2.75) is 30.8 Å². The smallest absolute Gasteiger partial charge is 0.260 e. The summed E-state index contributed by atoms with van der Waals surface area (Å²) < 4.78 is 28.1. The first-order valence-electron chi connectivity index (χ1n) is 5.15. The van der Waals surface area contributed by atoms with Crippen LogP contribution >= 0.6 is 23.8 Å². The summed E-state index contributed by atoms with van der Waals surface area (Å²) in [5.41, 5.74) is 4.57. The van der Waals surface area contributed by atoms with Crippen molar-refractivity contribution in [2.24, 2.45) is 12.8 Å². The predicted molar refractivity (Wildman–Crippen MR) is 74.0 cm³/mol. The van der Waals surface area contributed by atoms with Crippen molar-refractivity contribution in [1.82, 2.24) is 14.5 Å². The largest absolute Gasteiger partial charge is 0.392 e. The third kappa shape index (κ3) is 2.82. The number of nitrogens with zero attached hydrogens (tertiary/aromatic N) is 2. The number of aryl methyl sites for hydroxylation is 1. The van der Waals surface area contributed by atoms with Crippen LogP contribution in [-0.2, 0) is 17.1 Å².